The van der Waals surface area contributed by atoms with E-state index in [1.165, 1.54) is 6.07 Å². The van der Waals surface area contributed by atoms with Gasteiger partial charge in [-0.2, -0.15) is 5.26 Å². The minimum absolute atomic E-state index is 0.188. The highest BCUT2D eigenvalue weighted by atomic mass is 19.1. The van der Waals surface area contributed by atoms with Crippen LogP contribution >= 0.6 is 0 Å². The predicted octanol–water partition coefficient (Wildman–Crippen LogP) is 0.474. The Morgan fingerprint density at radius 3 is 2.59 bits per heavy atom. The number of halogens is 2. The van der Waals surface area contributed by atoms with Gasteiger partial charge in [-0.25, -0.2) is 8.78 Å². The van der Waals surface area contributed by atoms with Crippen molar-refractivity contribution in [1.29, 1.82) is 5.26 Å². The van der Waals surface area contributed by atoms with E-state index >= 15 is 0 Å². The number of nitrogens with zero attached hydrogens (tertiary/aromatic N) is 1. The topological polar surface area (TPSA) is 78.9 Å². The molecule has 0 spiro atoms. The van der Waals surface area contributed by atoms with Gasteiger partial charge in [-0.05, 0) is 12.1 Å². The third kappa shape index (κ3) is 3.50. The van der Waals surface area contributed by atoms with Crippen molar-refractivity contribution >= 4 is 5.91 Å². The molecule has 1 unspecified atom stereocenters. The summed E-state index contributed by atoms with van der Waals surface area (Å²) < 4.78 is 26.5. The molecule has 0 bridgehead atoms. The van der Waals surface area contributed by atoms with Gasteiger partial charge in [0.15, 0.2) is 0 Å². The Morgan fingerprint density at radius 1 is 1.47 bits per heavy atom. The van der Waals surface area contributed by atoms with Crippen LogP contribution in [0.1, 0.15) is 5.56 Å². The molecule has 0 aliphatic carbocycles. The molecule has 6 heteroatoms. The van der Waals surface area contributed by atoms with E-state index in [1.807, 2.05) is 0 Å². The number of nitrogens with two attached hydrogens (primary N) is 1. The maximum atomic E-state index is 13.2. The van der Waals surface area contributed by atoms with Gasteiger partial charge in [-0.15, -0.1) is 0 Å². The van der Waals surface area contributed by atoms with E-state index in [-0.39, 0.29) is 18.5 Å². The Labute approximate surface area is 97.0 Å². The van der Waals surface area contributed by atoms with Gasteiger partial charge < -0.3 is 11.1 Å². The molecule has 0 saturated heterocycles. The number of carbonyl (C=O) groups is 1. The zero-order valence-corrected chi connectivity index (χ0v) is 8.91. The van der Waals surface area contributed by atoms with Gasteiger partial charge in [-0.1, -0.05) is 6.07 Å². The molecule has 1 aromatic rings. The molecule has 17 heavy (non-hydrogen) atoms. The number of amides is 1. The molecule has 90 valence electrons. The maximum absolute atomic E-state index is 13.2. The van der Waals surface area contributed by atoms with Gasteiger partial charge in [-0.3, -0.25) is 4.79 Å². The zero-order chi connectivity index (χ0) is 12.8. The highest BCUT2D eigenvalue weighted by Gasteiger charge is 2.18. The second-order valence-corrected chi connectivity index (χ2v) is 3.39. The van der Waals surface area contributed by atoms with Gasteiger partial charge in [0.25, 0.3) is 0 Å². The summed E-state index contributed by atoms with van der Waals surface area (Å²) in [6.07, 6.45) is -0.254. The lowest BCUT2D eigenvalue weighted by atomic mass is 10.0. The van der Waals surface area contributed by atoms with Crippen LogP contribution < -0.4 is 11.1 Å². The summed E-state index contributed by atoms with van der Waals surface area (Å²) in [6, 6.07) is 4.04. The van der Waals surface area contributed by atoms with E-state index in [1.54, 1.807) is 6.07 Å². The lowest BCUT2D eigenvalue weighted by Crippen LogP contribution is -2.42. The van der Waals surface area contributed by atoms with Crippen molar-refractivity contribution in [2.75, 3.05) is 6.54 Å². The monoisotopic (exact) mass is 239 g/mol. The van der Waals surface area contributed by atoms with Crippen molar-refractivity contribution in [1.82, 2.24) is 5.32 Å². The van der Waals surface area contributed by atoms with Crippen LogP contribution in [0.15, 0.2) is 18.2 Å². The summed E-state index contributed by atoms with van der Waals surface area (Å²) >= 11 is 0. The Hall–Kier alpha value is -2.00. The molecule has 0 aromatic heterocycles. The van der Waals surface area contributed by atoms with Crippen molar-refractivity contribution in [3.63, 3.8) is 0 Å². The van der Waals surface area contributed by atoms with Crippen molar-refractivity contribution in [2.24, 2.45) is 5.73 Å². The van der Waals surface area contributed by atoms with Gasteiger partial charge >= 0.3 is 0 Å². The molecule has 0 radical (unpaired) electrons. The fourth-order valence-electron chi connectivity index (χ4n) is 1.30. The SMILES string of the molecule is N#CCNC(=O)C(N)Cc1c(F)cccc1F. The van der Waals surface area contributed by atoms with Crippen LogP contribution in [0.5, 0.6) is 0 Å². The Morgan fingerprint density at radius 2 is 2.06 bits per heavy atom. The summed E-state index contributed by atoms with van der Waals surface area (Å²) in [7, 11) is 0. The molecule has 0 saturated carbocycles. The average molecular weight is 239 g/mol. The summed E-state index contributed by atoms with van der Waals surface area (Å²) in [5.74, 6) is -2.10. The summed E-state index contributed by atoms with van der Waals surface area (Å²) in [5, 5.41) is 10.5. The minimum atomic E-state index is -1.09. The van der Waals surface area contributed by atoms with E-state index in [0.29, 0.717) is 0 Å². The van der Waals surface area contributed by atoms with E-state index in [0.717, 1.165) is 12.1 Å². The number of benzene rings is 1. The van der Waals surface area contributed by atoms with Gasteiger partial charge in [0.05, 0.1) is 12.1 Å². The number of nitrogens with one attached hydrogen (secondary N) is 1. The quantitative estimate of drug-likeness (QED) is 0.750. The summed E-state index contributed by atoms with van der Waals surface area (Å²) in [5.41, 5.74) is 5.24. The van der Waals surface area contributed by atoms with E-state index in [9.17, 15) is 13.6 Å². The molecule has 1 rings (SSSR count). The lowest BCUT2D eigenvalue weighted by molar-refractivity contribution is -0.122. The zero-order valence-electron chi connectivity index (χ0n) is 8.91. The first-order chi connectivity index (χ1) is 8.06. The molecular weight excluding hydrogens is 228 g/mol. The van der Waals surface area contributed by atoms with Crippen LogP contribution in [0.25, 0.3) is 0 Å². The molecule has 0 heterocycles. The minimum Gasteiger partial charge on any atom is -0.342 e. The molecular formula is C11H11F2N3O. The highest BCUT2D eigenvalue weighted by molar-refractivity contribution is 5.82. The van der Waals surface area contributed by atoms with E-state index in [2.05, 4.69) is 5.32 Å². The third-order valence-corrected chi connectivity index (χ3v) is 2.16. The standard InChI is InChI=1S/C11H11F2N3O/c12-8-2-1-3-9(13)7(8)6-10(15)11(17)16-5-4-14/h1-3,10H,5-6,15H2,(H,16,17). The van der Waals surface area contributed by atoms with Crippen molar-refractivity contribution in [3.8, 4) is 6.07 Å². The second kappa shape index (κ2) is 5.92. The average Bonchev–Trinajstić information content (AvgIpc) is 2.30. The fraction of sp³-hybridized carbons (Fsp3) is 0.273. The molecule has 3 N–H and O–H groups in total. The highest BCUT2D eigenvalue weighted by Crippen LogP contribution is 2.13. The Balaban J connectivity index is 2.71. The van der Waals surface area contributed by atoms with Crippen LogP contribution in [0.3, 0.4) is 0 Å². The smallest absolute Gasteiger partial charge is 0.238 e. The van der Waals surface area contributed by atoms with Crippen LogP contribution in [0.4, 0.5) is 8.78 Å². The van der Waals surface area contributed by atoms with Gasteiger partial charge in [0.2, 0.25) is 5.91 Å². The largest absolute Gasteiger partial charge is 0.342 e. The fourth-order valence-corrected chi connectivity index (χ4v) is 1.30. The number of hydrogen-bond acceptors (Lipinski definition) is 3. The van der Waals surface area contributed by atoms with E-state index in [4.69, 9.17) is 11.0 Å². The molecule has 0 aliphatic heterocycles. The molecule has 4 nitrogen and oxygen atoms in total. The first-order valence-corrected chi connectivity index (χ1v) is 4.89. The van der Waals surface area contributed by atoms with Gasteiger partial charge in [0.1, 0.15) is 18.2 Å². The normalized spacial score (nSPS) is 11.6. The van der Waals surface area contributed by atoms with E-state index < -0.39 is 23.6 Å². The van der Waals surface area contributed by atoms with Gasteiger partial charge in [0, 0.05) is 12.0 Å². The molecule has 1 atom stereocenters. The van der Waals surface area contributed by atoms with Crippen LogP contribution in [-0.2, 0) is 11.2 Å². The number of rotatable bonds is 4. The van der Waals surface area contributed by atoms with Crippen LogP contribution in [0, 0.1) is 23.0 Å². The second-order valence-electron chi connectivity index (χ2n) is 3.39. The van der Waals surface area contributed by atoms with Crippen LogP contribution in [0.2, 0.25) is 0 Å². The molecule has 0 fully saturated rings. The number of hydrogen-bond donors (Lipinski definition) is 2. The lowest BCUT2D eigenvalue weighted by Gasteiger charge is -2.11. The Bertz CT molecular complexity index is 436. The summed E-state index contributed by atoms with van der Waals surface area (Å²) in [6.45, 7) is -0.188. The first kappa shape index (κ1) is 13.1. The summed E-state index contributed by atoms with van der Waals surface area (Å²) in [4.78, 5) is 11.3. The number of carbonyl (C=O) groups excluding carboxylic acids is 1. The first-order valence-electron chi connectivity index (χ1n) is 4.89. The molecule has 1 aromatic carbocycles. The van der Waals surface area contributed by atoms with Crippen molar-refractivity contribution in [2.45, 2.75) is 12.5 Å². The molecule has 0 aliphatic rings. The Kier molecular flexibility index (Phi) is 4.55. The van der Waals surface area contributed by atoms with Crippen molar-refractivity contribution in [3.05, 3.63) is 35.4 Å². The number of nitriles is 1. The predicted molar refractivity (Wildman–Crippen MR) is 56.7 cm³/mol. The molecule has 1 amide bonds. The van der Waals surface area contributed by atoms with Crippen molar-refractivity contribution < 1.29 is 13.6 Å². The van der Waals surface area contributed by atoms with Crippen LogP contribution in [-0.4, -0.2) is 18.5 Å². The third-order valence-electron chi connectivity index (χ3n) is 2.16. The maximum Gasteiger partial charge on any atom is 0.238 e.